The van der Waals surface area contributed by atoms with Gasteiger partial charge in [-0.2, -0.15) is 0 Å². The topological polar surface area (TPSA) is 64.1 Å². The van der Waals surface area contributed by atoms with Gasteiger partial charge in [-0.1, -0.05) is 44.2 Å². The summed E-state index contributed by atoms with van der Waals surface area (Å²) in [5.41, 5.74) is 2.17. The van der Waals surface area contributed by atoms with Crippen molar-refractivity contribution < 1.29 is 14.2 Å². The lowest BCUT2D eigenvalue weighted by molar-refractivity contribution is 0.322. The summed E-state index contributed by atoms with van der Waals surface area (Å²) in [6.45, 7) is 8.47. The first kappa shape index (κ1) is 25.9. The van der Waals surface area contributed by atoms with Gasteiger partial charge in [-0.25, -0.2) is 4.99 Å². The van der Waals surface area contributed by atoms with E-state index in [4.69, 9.17) is 19.2 Å². The molecule has 0 spiro atoms. The number of hydrogen-bond donors (Lipinski definition) is 2. The molecule has 0 saturated heterocycles. The van der Waals surface area contributed by atoms with Gasteiger partial charge in [-0.3, -0.25) is 0 Å². The van der Waals surface area contributed by atoms with Crippen LogP contribution >= 0.6 is 24.0 Å². The zero-order valence-electron chi connectivity index (χ0n) is 18.7. The Bertz CT molecular complexity index is 811. The molecule has 166 valence electrons. The highest BCUT2D eigenvalue weighted by molar-refractivity contribution is 14.0. The van der Waals surface area contributed by atoms with Crippen molar-refractivity contribution in [1.29, 1.82) is 0 Å². The number of rotatable bonds is 9. The van der Waals surface area contributed by atoms with Crippen LogP contribution in [0.1, 0.15) is 31.9 Å². The van der Waals surface area contributed by atoms with Crippen LogP contribution in [0.25, 0.3) is 0 Å². The average Bonchev–Trinajstić information content (AvgIpc) is 2.75. The molecule has 0 atom stereocenters. The molecule has 0 fully saturated rings. The second-order valence-electron chi connectivity index (χ2n) is 7.29. The number of hydrogen-bond acceptors (Lipinski definition) is 4. The lowest BCUT2D eigenvalue weighted by Gasteiger charge is -2.26. The zero-order chi connectivity index (χ0) is 21.3. The van der Waals surface area contributed by atoms with Crippen molar-refractivity contribution >= 4 is 29.9 Å². The lowest BCUT2D eigenvalue weighted by Crippen LogP contribution is -2.43. The van der Waals surface area contributed by atoms with E-state index >= 15 is 0 Å². The van der Waals surface area contributed by atoms with E-state index in [0.29, 0.717) is 23.8 Å². The van der Waals surface area contributed by atoms with Crippen molar-refractivity contribution in [3.05, 3.63) is 53.6 Å². The zero-order valence-corrected chi connectivity index (χ0v) is 21.1. The second-order valence-corrected chi connectivity index (χ2v) is 7.29. The number of nitrogens with zero attached hydrogens (tertiary/aromatic N) is 1. The molecule has 2 aromatic rings. The largest absolute Gasteiger partial charge is 0.493 e. The van der Waals surface area contributed by atoms with Crippen LogP contribution in [-0.2, 0) is 12.0 Å². The number of halogens is 1. The van der Waals surface area contributed by atoms with Gasteiger partial charge in [0.1, 0.15) is 0 Å². The number of nitrogens with one attached hydrogen (secondary N) is 2. The Balaban J connectivity index is 0.00000450. The van der Waals surface area contributed by atoms with Crippen LogP contribution in [0.5, 0.6) is 17.2 Å². The van der Waals surface area contributed by atoms with Gasteiger partial charge in [0.25, 0.3) is 0 Å². The molecule has 7 heteroatoms. The number of methoxy groups -OCH3 is 3. The minimum Gasteiger partial charge on any atom is -0.493 e. The number of ether oxygens (including phenoxy) is 3. The fourth-order valence-corrected chi connectivity index (χ4v) is 3.09. The van der Waals surface area contributed by atoms with Crippen LogP contribution < -0.4 is 24.8 Å². The first-order valence-corrected chi connectivity index (χ1v) is 9.82. The van der Waals surface area contributed by atoms with Crippen LogP contribution in [0.3, 0.4) is 0 Å². The Morgan fingerprint density at radius 2 is 1.57 bits per heavy atom. The molecule has 2 aromatic carbocycles. The normalized spacial score (nSPS) is 11.3. The predicted molar refractivity (Wildman–Crippen MR) is 134 cm³/mol. The van der Waals surface area contributed by atoms with Crippen molar-refractivity contribution in [2.24, 2.45) is 4.99 Å². The minimum absolute atomic E-state index is 0. The SMILES string of the molecule is CCNC(=NCc1ccc(OC)c(OC)c1OC)NCC(C)(C)c1ccccc1.I. The quantitative estimate of drug-likeness (QED) is 0.288. The first-order valence-electron chi connectivity index (χ1n) is 9.82. The van der Waals surface area contributed by atoms with E-state index in [1.807, 2.05) is 18.2 Å². The van der Waals surface area contributed by atoms with Gasteiger partial charge in [0.05, 0.1) is 27.9 Å². The van der Waals surface area contributed by atoms with Crippen molar-refractivity contribution in [3.8, 4) is 17.2 Å². The fourth-order valence-electron chi connectivity index (χ4n) is 3.09. The minimum atomic E-state index is -0.0293. The molecule has 0 aromatic heterocycles. The molecule has 0 aliphatic carbocycles. The van der Waals surface area contributed by atoms with Gasteiger partial charge in [0, 0.05) is 24.1 Å². The molecule has 2 rings (SSSR count). The monoisotopic (exact) mass is 527 g/mol. The van der Waals surface area contributed by atoms with Crippen molar-refractivity contribution in [2.45, 2.75) is 32.7 Å². The van der Waals surface area contributed by atoms with Crippen molar-refractivity contribution in [2.75, 3.05) is 34.4 Å². The molecule has 0 aliphatic rings. The number of aliphatic imine (C=N–C) groups is 1. The van der Waals surface area contributed by atoms with E-state index in [-0.39, 0.29) is 29.4 Å². The summed E-state index contributed by atoms with van der Waals surface area (Å²) in [6, 6.07) is 14.3. The van der Waals surface area contributed by atoms with E-state index in [0.717, 1.165) is 24.6 Å². The third kappa shape index (κ3) is 6.68. The molecule has 30 heavy (non-hydrogen) atoms. The third-order valence-corrected chi connectivity index (χ3v) is 4.79. The predicted octanol–water partition coefficient (Wildman–Crippen LogP) is 4.36. The van der Waals surface area contributed by atoms with E-state index in [1.165, 1.54) is 5.56 Å². The van der Waals surface area contributed by atoms with E-state index in [9.17, 15) is 0 Å². The van der Waals surface area contributed by atoms with Gasteiger partial charge >= 0.3 is 0 Å². The Kier molecular flexibility index (Phi) is 10.8. The molecule has 2 N–H and O–H groups in total. The van der Waals surface area contributed by atoms with Crippen LogP contribution in [-0.4, -0.2) is 40.4 Å². The third-order valence-electron chi connectivity index (χ3n) is 4.79. The summed E-state index contributed by atoms with van der Waals surface area (Å²) >= 11 is 0. The molecular formula is C23H34IN3O3. The lowest BCUT2D eigenvalue weighted by atomic mass is 9.85. The highest BCUT2D eigenvalue weighted by atomic mass is 127. The fraction of sp³-hybridized carbons (Fsp3) is 0.435. The number of guanidine groups is 1. The van der Waals surface area contributed by atoms with E-state index < -0.39 is 0 Å². The molecular weight excluding hydrogens is 493 g/mol. The van der Waals surface area contributed by atoms with Gasteiger partial charge in [-0.05, 0) is 24.6 Å². The van der Waals surface area contributed by atoms with Gasteiger partial charge in [-0.15, -0.1) is 24.0 Å². The maximum absolute atomic E-state index is 5.56. The molecule has 0 radical (unpaired) electrons. The Labute approximate surface area is 197 Å². The second kappa shape index (κ2) is 12.5. The Hall–Kier alpha value is -2.16. The molecule has 6 nitrogen and oxygen atoms in total. The molecule has 0 bridgehead atoms. The summed E-state index contributed by atoms with van der Waals surface area (Å²) < 4.78 is 16.4. The first-order chi connectivity index (χ1) is 14.0. The summed E-state index contributed by atoms with van der Waals surface area (Å²) in [5.74, 6) is 2.60. The van der Waals surface area contributed by atoms with Crippen LogP contribution in [0.2, 0.25) is 0 Å². The van der Waals surface area contributed by atoms with Crippen molar-refractivity contribution in [1.82, 2.24) is 10.6 Å². The molecule has 0 heterocycles. The average molecular weight is 527 g/mol. The smallest absolute Gasteiger partial charge is 0.203 e. The van der Waals surface area contributed by atoms with E-state index in [2.05, 4.69) is 55.7 Å². The van der Waals surface area contributed by atoms with Crippen LogP contribution in [0.15, 0.2) is 47.5 Å². The van der Waals surface area contributed by atoms with Gasteiger partial charge in [0.15, 0.2) is 17.5 Å². The maximum atomic E-state index is 5.56. The number of benzene rings is 2. The Morgan fingerprint density at radius 3 is 2.13 bits per heavy atom. The van der Waals surface area contributed by atoms with Crippen LogP contribution in [0, 0.1) is 0 Å². The Morgan fingerprint density at radius 1 is 0.900 bits per heavy atom. The van der Waals surface area contributed by atoms with Crippen LogP contribution in [0.4, 0.5) is 0 Å². The van der Waals surface area contributed by atoms with Gasteiger partial charge < -0.3 is 24.8 Å². The highest BCUT2D eigenvalue weighted by Crippen LogP contribution is 2.39. The standard InChI is InChI=1S/C23H33N3O3.HI/c1-7-24-22(26-16-23(2,3)18-11-9-8-10-12-18)25-15-17-13-14-19(27-4)21(29-6)20(17)28-5;/h8-14H,7,15-16H2,1-6H3,(H2,24,25,26);1H. The van der Waals surface area contributed by atoms with Gasteiger partial charge in [0.2, 0.25) is 5.75 Å². The summed E-state index contributed by atoms with van der Waals surface area (Å²) in [7, 11) is 4.83. The molecule has 0 aliphatic heterocycles. The maximum Gasteiger partial charge on any atom is 0.203 e. The molecule has 0 amide bonds. The molecule has 0 saturated carbocycles. The van der Waals surface area contributed by atoms with Crippen molar-refractivity contribution in [3.63, 3.8) is 0 Å². The summed E-state index contributed by atoms with van der Waals surface area (Å²) in [6.07, 6.45) is 0. The molecule has 0 unspecified atom stereocenters. The summed E-state index contributed by atoms with van der Waals surface area (Å²) in [4.78, 5) is 4.74. The summed E-state index contributed by atoms with van der Waals surface area (Å²) in [5, 5.41) is 6.77. The highest BCUT2D eigenvalue weighted by Gasteiger charge is 2.21. The van der Waals surface area contributed by atoms with E-state index in [1.54, 1.807) is 21.3 Å².